The molecule has 0 aromatic carbocycles. The number of hydrogen-bond acceptors (Lipinski definition) is 13. The lowest BCUT2D eigenvalue weighted by Crippen LogP contribution is -2.61. The van der Waals surface area contributed by atoms with E-state index < -0.39 is 83.9 Å². The average Bonchev–Trinajstić information content (AvgIpc) is 3.28. The Morgan fingerprint density at radius 2 is 1.57 bits per heavy atom. The fourth-order valence-corrected chi connectivity index (χ4v) is 10.1. The number of amides is 1. The molecule has 1 saturated carbocycles. The number of aliphatic hydroxyl groups is 3. The Labute approximate surface area is 387 Å². The molecule has 0 aromatic heterocycles. The summed E-state index contributed by atoms with van der Waals surface area (Å²) in [5.74, 6) is -7.96. The number of methoxy groups -OCH3 is 3. The van der Waals surface area contributed by atoms with Gasteiger partial charge in [-0.1, -0.05) is 71.1 Å². The SMILES string of the molecule is CO[C@H]1C[C@@H]2CC[C@@H](C)[C@@](O)(O2)C(=O)C(=O)N2CCCC[C@H]2C(=O)O[C@H](C(C)CC2CC[C@@H](O)[C@H](OC)C2)CC(=O)[C@H](C)/C=C(\C)[C@@H](O)[C@@H](OC)C(=O)[C@H](C)C[C@H](C)/C=C/C=CC=C1C. The Bertz CT molecular complexity index is 1760. The van der Waals surface area contributed by atoms with Gasteiger partial charge in [-0.25, -0.2) is 4.79 Å². The predicted octanol–water partition coefficient (Wildman–Crippen LogP) is 6.18. The first-order chi connectivity index (χ1) is 30.7. The van der Waals surface area contributed by atoms with Crippen LogP contribution in [0.25, 0.3) is 0 Å². The van der Waals surface area contributed by atoms with E-state index in [-0.39, 0.29) is 54.8 Å². The maximum absolute atomic E-state index is 14.4. The Balaban J connectivity index is 1.70. The topological polar surface area (TPSA) is 195 Å². The molecular formula is C51H79NO13. The number of fused-ring (bicyclic) bond motifs is 3. The highest BCUT2D eigenvalue weighted by molar-refractivity contribution is 6.39. The molecule has 0 spiro atoms. The number of rotatable bonds is 6. The quantitative estimate of drug-likeness (QED) is 0.156. The molecule has 15 atom stereocenters. The summed E-state index contributed by atoms with van der Waals surface area (Å²) in [5, 5.41) is 33.8. The van der Waals surface area contributed by atoms with E-state index >= 15 is 0 Å². The number of Topliss-reactive ketones (excluding diaryl/α,β-unsaturated/α-hetero) is 3. The normalized spacial score (nSPS) is 39.1. The number of hydrogen-bond donors (Lipinski definition) is 3. The van der Waals surface area contributed by atoms with Gasteiger partial charge in [-0.05, 0) is 107 Å². The van der Waals surface area contributed by atoms with E-state index in [0.717, 1.165) is 12.0 Å². The van der Waals surface area contributed by atoms with Crippen LogP contribution in [0.1, 0.15) is 126 Å². The standard InChI is InChI=1S/C51H79NO13/c1-30-16-12-11-13-17-31(2)42(61-8)28-38-21-19-36(7)51(60,65-38)48(57)49(58)52-23-15-14-18-39(52)50(59)64-43(33(4)26-37-20-22-40(53)44(27-37)62-9)29-41(54)32(3)25-35(6)46(56)47(63-10)45(55)34(5)24-30/h11-13,16-17,25,30,32-34,36-40,42-44,46-47,53,56,60H,14-15,18-24,26-29H2,1-10H3/b13-11?,16-12+,31-17?,35-25+/t30-,32-,33?,34-,36-,37?,38+,39+,40-,42+,43+,44-,46-,47+,51-/m1/s1. The molecule has 2 saturated heterocycles. The van der Waals surface area contributed by atoms with Crippen LogP contribution in [0.15, 0.2) is 47.6 Å². The van der Waals surface area contributed by atoms with E-state index in [0.29, 0.717) is 63.4 Å². The van der Waals surface area contributed by atoms with Gasteiger partial charge in [-0.3, -0.25) is 19.2 Å². The fraction of sp³-hybridized carbons (Fsp3) is 0.745. The number of piperidine rings is 1. The summed E-state index contributed by atoms with van der Waals surface area (Å²) in [4.78, 5) is 71.8. The molecule has 14 heteroatoms. The summed E-state index contributed by atoms with van der Waals surface area (Å²) in [6.07, 6.45) is 11.2. The molecule has 4 aliphatic rings. The molecule has 2 bridgehead atoms. The van der Waals surface area contributed by atoms with Gasteiger partial charge in [-0.2, -0.15) is 0 Å². The van der Waals surface area contributed by atoms with Gasteiger partial charge in [0.2, 0.25) is 5.79 Å². The third-order valence-electron chi connectivity index (χ3n) is 14.5. The molecule has 0 radical (unpaired) electrons. The second kappa shape index (κ2) is 25.1. The minimum atomic E-state index is -2.43. The van der Waals surface area contributed by atoms with Gasteiger partial charge in [0.05, 0.1) is 24.4 Å². The first kappa shape index (κ1) is 54.2. The zero-order valence-corrected chi connectivity index (χ0v) is 40.6. The molecular weight excluding hydrogens is 835 g/mol. The van der Waals surface area contributed by atoms with Gasteiger partial charge in [0.15, 0.2) is 5.78 Å². The van der Waals surface area contributed by atoms with Crippen molar-refractivity contribution in [2.45, 2.75) is 180 Å². The summed E-state index contributed by atoms with van der Waals surface area (Å²) in [6, 6.07) is -1.14. The minimum Gasteiger partial charge on any atom is -0.460 e. The van der Waals surface area contributed by atoms with Crippen LogP contribution in [0.3, 0.4) is 0 Å². The van der Waals surface area contributed by atoms with Crippen molar-refractivity contribution in [3.8, 4) is 0 Å². The molecule has 366 valence electrons. The lowest BCUT2D eigenvalue weighted by atomic mass is 9.78. The highest BCUT2D eigenvalue weighted by Gasteiger charge is 2.53. The number of carbonyl (C=O) groups excluding carboxylic acids is 5. The average molecular weight is 914 g/mol. The zero-order chi connectivity index (χ0) is 48.2. The summed E-state index contributed by atoms with van der Waals surface area (Å²) in [6.45, 7) is 12.7. The summed E-state index contributed by atoms with van der Waals surface area (Å²) < 4.78 is 29.4. The molecule has 4 rings (SSSR count). The number of carbonyl (C=O) groups is 5. The Kier molecular flexibility index (Phi) is 21.0. The van der Waals surface area contributed by atoms with Crippen molar-refractivity contribution in [2.24, 2.45) is 35.5 Å². The lowest BCUT2D eigenvalue weighted by Gasteiger charge is -2.42. The molecule has 3 aliphatic heterocycles. The fourth-order valence-electron chi connectivity index (χ4n) is 10.1. The van der Waals surface area contributed by atoms with E-state index in [9.17, 15) is 39.3 Å². The molecule has 2 unspecified atom stereocenters. The van der Waals surface area contributed by atoms with Crippen molar-refractivity contribution < 1.29 is 63.0 Å². The number of aliphatic hydroxyl groups excluding tert-OH is 2. The van der Waals surface area contributed by atoms with Gasteiger partial charge in [0.1, 0.15) is 30.1 Å². The van der Waals surface area contributed by atoms with Crippen LogP contribution in [0.5, 0.6) is 0 Å². The van der Waals surface area contributed by atoms with Crippen LogP contribution in [0, 0.1) is 35.5 Å². The van der Waals surface area contributed by atoms with Crippen LogP contribution in [-0.4, -0.2) is 132 Å². The van der Waals surface area contributed by atoms with Crippen LogP contribution in [0.2, 0.25) is 0 Å². The maximum atomic E-state index is 14.4. The largest absolute Gasteiger partial charge is 0.460 e. The highest BCUT2D eigenvalue weighted by atomic mass is 16.6. The molecule has 1 aliphatic carbocycles. The first-order valence-corrected chi connectivity index (χ1v) is 23.9. The van der Waals surface area contributed by atoms with E-state index in [1.54, 1.807) is 41.1 Å². The first-order valence-electron chi connectivity index (χ1n) is 23.9. The number of nitrogens with zero attached hydrogens (tertiary/aromatic N) is 1. The Morgan fingerprint density at radius 1 is 0.846 bits per heavy atom. The van der Waals surface area contributed by atoms with Gasteiger partial charge in [0, 0.05) is 58.5 Å². The highest BCUT2D eigenvalue weighted by Crippen LogP contribution is 2.38. The van der Waals surface area contributed by atoms with E-state index in [1.807, 2.05) is 58.1 Å². The predicted molar refractivity (Wildman–Crippen MR) is 245 cm³/mol. The Hall–Kier alpha value is -3.37. The monoisotopic (exact) mass is 914 g/mol. The summed E-state index contributed by atoms with van der Waals surface area (Å²) in [5.41, 5.74) is 1.27. The van der Waals surface area contributed by atoms with Gasteiger partial charge >= 0.3 is 5.97 Å². The van der Waals surface area contributed by atoms with E-state index in [2.05, 4.69) is 0 Å². The molecule has 3 N–H and O–H groups in total. The molecule has 1 amide bonds. The van der Waals surface area contributed by atoms with Crippen LogP contribution >= 0.6 is 0 Å². The van der Waals surface area contributed by atoms with Crippen molar-refractivity contribution in [1.29, 1.82) is 0 Å². The second-order valence-corrected chi connectivity index (χ2v) is 19.6. The number of esters is 1. The smallest absolute Gasteiger partial charge is 0.329 e. The molecule has 0 aromatic rings. The van der Waals surface area contributed by atoms with Crippen LogP contribution in [-0.2, 0) is 47.7 Å². The number of allylic oxidation sites excluding steroid dienone is 6. The lowest BCUT2D eigenvalue weighted by molar-refractivity contribution is -0.265. The number of ketones is 3. The maximum Gasteiger partial charge on any atom is 0.329 e. The zero-order valence-electron chi connectivity index (χ0n) is 40.6. The third-order valence-corrected chi connectivity index (χ3v) is 14.5. The molecule has 14 nitrogen and oxygen atoms in total. The minimum absolute atomic E-state index is 0.0193. The van der Waals surface area contributed by atoms with Crippen LogP contribution in [0.4, 0.5) is 0 Å². The van der Waals surface area contributed by atoms with Crippen molar-refractivity contribution in [3.05, 3.63) is 47.6 Å². The van der Waals surface area contributed by atoms with Crippen LogP contribution < -0.4 is 0 Å². The Morgan fingerprint density at radius 3 is 2.25 bits per heavy atom. The van der Waals surface area contributed by atoms with Gasteiger partial charge < -0.3 is 43.9 Å². The van der Waals surface area contributed by atoms with Crippen molar-refractivity contribution >= 4 is 29.2 Å². The van der Waals surface area contributed by atoms with Gasteiger partial charge in [0.25, 0.3) is 11.7 Å². The van der Waals surface area contributed by atoms with Gasteiger partial charge in [-0.15, -0.1) is 0 Å². The van der Waals surface area contributed by atoms with Crippen molar-refractivity contribution in [2.75, 3.05) is 27.9 Å². The van der Waals surface area contributed by atoms with E-state index in [4.69, 9.17) is 23.7 Å². The third kappa shape index (κ3) is 14.3. The summed E-state index contributed by atoms with van der Waals surface area (Å²) in [7, 11) is 4.52. The molecule has 3 fully saturated rings. The van der Waals surface area contributed by atoms with E-state index in [1.165, 1.54) is 12.0 Å². The van der Waals surface area contributed by atoms with Crippen molar-refractivity contribution in [1.82, 2.24) is 4.90 Å². The molecule has 3 heterocycles. The second-order valence-electron chi connectivity index (χ2n) is 19.6. The van der Waals surface area contributed by atoms with Crippen molar-refractivity contribution in [3.63, 3.8) is 0 Å². The number of ether oxygens (including phenoxy) is 5. The molecule has 65 heavy (non-hydrogen) atoms. The summed E-state index contributed by atoms with van der Waals surface area (Å²) >= 11 is 0. The number of cyclic esters (lactones) is 1.